The zero-order valence-corrected chi connectivity index (χ0v) is 17.7. The smallest absolute Gasteiger partial charge is 0.119 e. The van der Waals surface area contributed by atoms with E-state index in [1.807, 2.05) is 60.7 Å². The lowest BCUT2D eigenvalue weighted by Gasteiger charge is -2.13. The highest BCUT2D eigenvalue weighted by molar-refractivity contribution is 6.53. The zero-order chi connectivity index (χ0) is 20.3. The second-order valence-electron chi connectivity index (χ2n) is 6.85. The molecule has 3 heteroatoms. The third kappa shape index (κ3) is 6.22. The lowest BCUT2D eigenvalue weighted by Crippen LogP contribution is -2.14. The monoisotopic (exact) mass is 405 g/mol. The molecule has 0 aromatic heterocycles. The van der Waals surface area contributed by atoms with Crippen molar-refractivity contribution in [2.75, 3.05) is 19.7 Å². The summed E-state index contributed by atoms with van der Waals surface area (Å²) >= 11 is 6.87. The standard InChI is InChI=1S/C26H28ClNO/c1-2-28-19-9-10-20-29-24-17-15-22(16-18-24)25(21-11-5-3-6-12-21)26(27)23-13-7-4-8-14-23/h3-8,11-18,28H,2,9-10,19-20H2,1H3/b26-25+. The summed E-state index contributed by atoms with van der Waals surface area (Å²) in [7, 11) is 0. The van der Waals surface area contributed by atoms with Crippen LogP contribution in [0.25, 0.3) is 10.6 Å². The van der Waals surface area contributed by atoms with E-state index in [4.69, 9.17) is 16.3 Å². The van der Waals surface area contributed by atoms with E-state index in [-0.39, 0.29) is 0 Å². The van der Waals surface area contributed by atoms with Gasteiger partial charge in [0.05, 0.1) is 11.6 Å². The molecule has 0 aliphatic rings. The van der Waals surface area contributed by atoms with Gasteiger partial charge in [0.2, 0.25) is 0 Å². The van der Waals surface area contributed by atoms with Crippen molar-refractivity contribution in [3.8, 4) is 5.75 Å². The summed E-state index contributed by atoms with van der Waals surface area (Å²) in [6, 6.07) is 28.6. The molecule has 0 aliphatic carbocycles. The fraction of sp³-hybridized carbons (Fsp3) is 0.231. The minimum atomic E-state index is 0.733. The van der Waals surface area contributed by atoms with Crippen LogP contribution >= 0.6 is 11.6 Å². The Bertz CT molecular complexity index is 889. The van der Waals surface area contributed by atoms with E-state index in [2.05, 4.69) is 36.5 Å². The van der Waals surface area contributed by atoms with Gasteiger partial charge in [-0.25, -0.2) is 0 Å². The van der Waals surface area contributed by atoms with E-state index in [9.17, 15) is 0 Å². The van der Waals surface area contributed by atoms with Crippen molar-refractivity contribution in [2.45, 2.75) is 19.8 Å². The maximum Gasteiger partial charge on any atom is 0.119 e. The molecule has 1 N–H and O–H groups in total. The fourth-order valence-corrected chi connectivity index (χ4v) is 3.53. The summed E-state index contributed by atoms with van der Waals surface area (Å²) in [4.78, 5) is 0. The van der Waals surface area contributed by atoms with Gasteiger partial charge in [-0.1, -0.05) is 91.3 Å². The zero-order valence-electron chi connectivity index (χ0n) is 16.9. The Morgan fingerprint density at radius 1 is 0.759 bits per heavy atom. The van der Waals surface area contributed by atoms with Gasteiger partial charge in [0.1, 0.15) is 5.75 Å². The van der Waals surface area contributed by atoms with Crippen LogP contribution in [0.1, 0.15) is 36.5 Å². The highest BCUT2D eigenvalue weighted by Crippen LogP contribution is 2.35. The van der Waals surface area contributed by atoms with Gasteiger partial charge in [0.15, 0.2) is 0 Å². The third-order valence-electron chi connectivity index (χ3n) is 4.72. The molecule has 29 heavy (non-hydrogen) atoms. The molecule has 0 heterocycles. The van der Waals surface area contributed by atoms with E-state index in [1.54, 1.807) is 0 Å². The average Bonchev–Trinajstić information content (AvgIpc) is 2.78. The molecule has 3 aromatic rings. The predicted molar refractivity (Wildman–Crippen MR) is 124 cm³/mol. The predicted octanol–water partition coefficient (Wildman–Crippen LogP) is 6.61. The van der Waals surface area contributed by atoms with Crippen LogP contribution in [0.3, 0.4) is 0 Å². The number of unbranched alkanes of at least 4 members (excludes halogenated alkanes) is 1. The number of hydrogen-bond acceptors (Lipinski definition) is 2. The van der Waals surface area contributed by atoms with Gasteiger partial charge < -0.3 is 10.1 Å². The van der Waals surface area contributed by atoms with Crippen LogP contribution < -0.4 is 10.1 Å². The highest BCUT2D eigenvalue weighted by Gasteiger charge is 2.12. The van der Waals surface area contributed by atoms with Crippen molar-refractivity contribution in [3.63, 3.8) is 0 Å². The van der Waals surface area contributed by atoms with Gasteiger partial charge >= 0.3 is 0 Å². The molecule has 0 atom stereocenters. The topological polar surface area (TPSA) is 21.3 Å². The minimum absolute atomic E-state index is 0.733. The Morgan fingerprint density at radius 2 is 1.34 bits per heavy atom. The first-order valence-corrected chi connectivity index (χ1v) is 10.6. The quantitative estimate of drug-likeness (QED) is 0.302. The Labute approximate surface area is 179 Å². The number of nitrogens with one attached hydrogen (secondary N) is 1. The first-order chi connectivity index (χ1) is 14.3. The Morgan fingerprint density at radius 3 is 1.97 bits per heavy atom. The van der Waals surface area contributed by atoms with Crippen molar-refractivity contribution < 1.29 is 4.74 Å². The second-order valence-corrected chi connectivity index (χ2v) is 7.23. The van der Waals surface area contributed by atoms with E-state index in [1.165, 1.54) is 0 Å². The normalized spacial score (nSPS) is 11.8. The number of rotatable bonds is 10. The van der Waals surface area contributed by atoms with Crippen molar-refractivity contribution in [1.82, 2.24) is 5.32 Å². The van der Waals surface area contributed by atoms with Gasteiger partial charge in [0, 0.05) is 5.57 Å². The molecule has 0 unspecified atom stereocenters. The average molecular weight is 406 g/mol. The number of hydrogen-bond donors (Lipinski definition) is 1. The summed E-state index contributed by atoms with van der Waals surface area (Å²) in [6.07, 6.45) is 2.17. The summed E-state index contributed by atoms with van der Waals surface area (Å²) in [5, 5.41) is 4.08. The van der Waals surface area contributed by atoms with E-state index >= 15 is 0 Å². The van der Waals surface area contributed by atoms with Crippen LogP contribution in [-0.4, -0.2) is 19.7 Å². The molecule has 0 fully saturated rings. The Hall–Kier alpha value is -2.55. The molecule has 0 saturated carbocycles. The van der Waals surface area contributed by atoms with Gasteiger partial charge in [0.25, 0.3) is 0 Å². The minimum Gasteiger partial charge on any atom is -0.494 e. The van der Waals surface area contributed by atoms with Crippen molar-refractivity contribution in [3.05, 3.63) is 102 Å². The fourth-order valence-electron chi connectivity index (χ4n) is 3.19. The molecule has 150 valence electrons. The number of halogens is 1. The lowest BCUT2D eigenvalue weighted by molar-refractivity contribution is 0.306. The first-order valence-electron chi connectivity index (χ1n) is 10.2. The molecule has 3 rings (SSSR count). The highest BCUT2D eigenvalue weighted by atomic mass is 35.5. The molecule has 2 nitrogen and oxygen atoms in total. The van der Waals surface area contributed by atoms with Crippen molar-refractivity contribution in [2.24, 2.45) is 0 Å². The van der Waals surface area contributed by atoms with E-state index in [0.717, 1.165) is 65.6 Å². The first kappa shape index (κ1) is 21.2. The maximum absolute atomic E-state index is 6.87. The van der Waals surface area contributed by atoms with Crippen LogP contribution in [0.2, 0.25) is 0 Å². The second kappa shape index (κ2) is 11.5. The summed E-state index contributed by atoms with van der Waals surface area (Å²) in [5.74, 6) is 0.889. The number of ether oxygens (including phenoxy) is 1. The molecule has 0 aliphatic heterocycles. The molecule has 3 aromatic carbocycles. The number of benzene rings is 3. The molecule has 0 radical (unpaired) electrons. The van der Waals surface area contributed by atoms with Crippen LogP contribution in [0.15, 0.2) is 84.9 Å². The summed E-state index contributed by atoms with van der Waals surface area (Å²) in [6.45, 7) is 4.92. The third-order valence-corrected chi connectivity index (χ3v) is 5.13. The summed E-state index contributed by atoms with van der Waals surface area (Å²) in [5.41, 5.74) is 4.20. The lowest BCUT2D eigenvalue weighted by atomic mass is 9.95. The van der Waals surface area contributed by atoms with Gasteiger partial charge in [-0.05, 0) is 54.8 Å². The van der Waals surface area contributed by atoms with Crippen LogP contribution in [0.4, 0.5) is 0 Å². The van der Waals surface area contributed by atoms with Crippen molar-refractivity contribution in [1.29, 1.82) is 0 Å². The molecular formula is C26H28ClNO. The summed E-state index contributed by atoms with van der Waals surface area (Å²) < 4.78 is 5.89. The van der Waals surface area contributed by atoms with Crippen LogP contribution in [0.5, 0.6) is 5.75 Å². The Kier molecular flexibility index (Phi) is 8.36. The Balaban J connectivity index is 1.79. The molecule has 0 amide bonds. The van der Waals surface area contributed by atoms with E-state index < -0.39 is 0 Å². The molecule has 0 bridgehead atoms. The van der Waals surface area contributed by atoms with Crippen LogP contribution in [-0.2, 0) is 0 Å². The molecule has 0 saturated heterocycles. The van der Waals surface area contributed by atoms with Gasteiger partial charge in [-0.15, -0.1) is 0 Å². The maximum atomic E-state index is 6.87. The van der Waals surface area contributed by atoms with Gasteiger partial charge in [-0.2, -0.15) is 0 Å². The van der Waals surface area contributed by atoms with Crippen molar-refractivity contribution >= 4 is 22.2 Å². The molecule has 0 spiro atoms. The van der Waals surface area contributed by atoms with Gasteiger partial charge in [-0.3, -0.25) is 0 Å². The molecular weight excluding hydrogens is 378 g/mol. The van der Waals surface area contributed by atoms with Crippen LogP contribution in [0, 0.1) is 0 Å². The SMILES string of the molecule is CCNCCCCOc1ccc(/C(=C(/Cl)c2ccccc2)c2ccccc2)cc1. The van der Waals surface area contributed by atoms with E-state index in [0.29, 0.717) is 0 Å². The largest absolute Gasteiger partial charge is 0.494 e.